The number of nitrogens with zero attached hydrogens (tertiary/aromatic N) is 2. The van der Waals surface area contributed by atoms with Crippen molar-refractivity contribution in [2.75, 3.05) is 38.1 Å². The molecule has 0 aliphatic carbocycles. The molecular formula is C36H41N3O4S. The molecule has 0 radical (unpaired) electrons. The average molecular weight is 612 g/mol. The lowest BCUT2D eigenvalue weighted by Crippen LogP contribution is -2.49. The molecule has 0 saturated carbocycles. The molecule has 1 amide bonds. The normalized spacial score (nSPS) is 14.8. The quantitative estimate of drug-likeness (QED) is 0.210. The standard InChI is InChI=1S/C36H41N3O4S/c1-4-36(2,3)30-15-19-32(20-16-30)43-27-34(40)37-31-17-21-33(22-18-31)44(41,42)39-25-23-38(24-26-39)35(28-11-7-5-8-12-28)29-13-9-6-10-14-29/h5-22,35H,4,23-27H2,1-3H3,(H,37,40). The van der Waals surface area contributed by atoms with E-state index in [1.807, 2.05) is 60.7 Å². The van der Waals surface area contributed by atoms with E-state index in [-0.39, 0.29) is 28.9 Å². The van der Waals surface area contributed by atoms with Crippen LogP contribution >= 0.6 is 0 Å². The Kier molecular flexibility index (Phi) is 9.84. The minimum atomic E-state index is -3.68. The molecule has 4 aromatic rings. The van der Waals surface area contributed by atoms with E-state index in [1.165, 1.54) is 16.7 Å². The van der Waals surface area contributed by atoms with Crippen LogP contribution in [0.2, 0.25) is 0 Å². The van der Waals surface area contributed by atoms with E-state index in [2.05, 4.69) is 55.3 Å². The van der Waals surface area contributed by atoms with Gasteiger partial charge in [-0.25, -0.2) is 8.42 Å². The van der Waals surface area contributed by atoms with Crippen molar-refractivity contribution in [3.63, 3.8) is 0 Å². The molecule has 1 aliphatic rings. The Balaban J connectivity index is 1.16. The molecule has 8 heteroatoms. The van der Waals surface area contributed by atoms with Crippen molar-refractivity contribution in [1.29, 1.82) is 0 Å². The SMILES string of the molecule is CCC(C)(C)c1ccc(OCC(=O)Nc2ccc(S(=O)(=O)N3CCN(C(c4ccccc4)c4ccccc4)CC3)cc2)cc1. The van der Waals surface area contributed by atoms with Crippen molar-refractivity contribution in [2.24, 2.45) is 0 Å². The van der Waals surface area contributed by atoms with Gasteiger partial charge in [-0.3, -0.25) is 9.69 Å². The number of sulfonamides is 1. The van der Waals surface area contributed by atoms with Gasteiger partial charge in [0.25, 0.3) is 5.91 Å². The third-order valence-corrected chi connectivity index (χ3v) is 10.4. The number of hydrogen-bond donors (Lipinski definition) is 1. The van der Waals surface area contributed by atoms with Crippen molar-refractivity contribution in [3.05, 3.63) is 126 Å². The summed E-state index contributed by atoms with van der Waals surface area (Å²) in [7, 11) is -3.68. The van der Waals surface area contributed by atoms with E-state index in [4.69, 9.17) is 4.74 Å². The summed E-state index contributed by atoms with van der Waals surface area (Å²) in [6.45, 7) is 8.42. The summed E-state index contributed by atoms with van der Waals surface area (Å²) in [5.74, 6) is 0.303. The number of carbonyl (C=O) groups is 1. The lowest BCUT2D eigenvalue weighted by atomic mass is 9.82. The van der Waals surface area contributed by atoms with Gasteiger partial charge in [0.15, 0.2) is 6.61 Å². The molecule has 4 aromatic carbocycles. The minimum absolute atomic E-state index is 0.0571. The lowest BCUT2D eigenvalue weighted by Gasteiger charge is -2.39. The van der Waals surface area contributed by atoms with Gasteiger partial charge in [0.2, 0.25) is 10.0 Å². The Morgan fingerprint density at radius 3 is 1.86 bits per heavy atom. The molecule has 0 spiro atoms. The van der Waals surface area contributed by atoms with E-state index in [9.17, 15) is 13.2 Å². The van der Waals surface area contributed by atoms with Gasteiger partial charge >= 0.3 is 0 Å². The number of ether oxygens (including phenoxy) is 1. The Labute approximate surface area is 261 Å². The topological polar surface area (TPSA) is 78.9 Å². The fraction of sp³-hybridized carbons (Fsp3) is 0.306. The van der Waals surface area contributed by atoms with Gasteiger partial charge in [0.1, 0.15) is 5.75 Å². The number of carbonyl (C=O) groups excluding carboxylic acids is 1. The van der Waals surface area contributed by atoms with Crippen LogP contribution < -0.4 is 10.1 Å². The van der Waals surface area contributed by atoms with E-state index in [0.717, 1.165) is 6.42 Å². The maximum Gasteiger partial charge on any atom is 0.262 e. The van der Waals surface area contributed by atoms with Gasteiger partial charge in [-0.05, 0) is 64.9 Å². The van der Waals surface area contributed by atoms with Crippen LogP contribution in [-0.2, 0) is 20.2 Å². The molecule has 1 fully saturated rings. The first kappa shape index (κ1) is 31.4. The number of nitrogens with one attached hydrogen (secondary N) is 1. The van der Waals surface area contributed by atoms with Crippen LogP contribution in [0.4, 0.5) is 5.69 Å². The highest BCUT2D eigenvalue weighted by Gasteiger charge is 2.32. The molecule has 0 bridgehead atoms. The molecule has 7 nitrogen and oxygen atoms in total. The monoisotopic (exact) mass is 611 g/mol. The van der Waals surface area contributed by atoms with Crippen molar-refractivity contribution in [2.45, 2.75) is 43.5 Å². The van der Waals surface area contributed by atoms with Crippen LogP contribution in [0, 0.1) is 0 Å². The highest BCUT2D eigenvalue weighted by Crippen LogP contribution is 2.31. The minimum Gasteiger partial charge on any atom is -0.484 e. The number of benzene rings is 4. The Bertz CT molecular complexity index is 1580. The van der Waals surface area contributed by atoms with Crippen LogP contribution in [0.5, 0.6) is 5.75 Å². The highest BCUT2D eigenvalue weighted by atomic mass is 32.2. The second kappa shape index (κ2) is 13.8. The van der Waals surface area contributed by atoms with Crippen LogP contribution in [0.1, 0.15) is 49.9 Å². The van der Waals surface area contributed by atoms with Crippen molar-refractivity contribution >= 4 is 21.6 Å². The molecule has 0 unspecified atom stereocenters. The number of amides is 1. The molecule has 1 N–H and O–H groups in total. The summed E-state index contributed by atoms with van der Waals surface area (Å²) in [6.07, 6.45) is 1.02. The second-order valence-corrected chi connectivity index (χ2v) is 13.7. The van der Waals surface area contributed by atoms with Gasteiger partial charge in [-0.1, -0.05) is 93.6 Å². The Morgan fingerprint density at radius 2 is 1.34 bits per heavy atom. The van der Waals surface area contributed by atoms with Gasteiger partial charge in [0.05, 0.1) is 10.9 Å². The maximum atomic E-state index is 13.5. The van der Waals surface area contributed by atoms with Gasteiger partial charge in [0, 0.05) is 31.9 Å². The average Bonchev–Trinajstić information content (AvgIpc) is 3.06. The molecule has 1 saturated heterocycles. The summed E-state index contributed by atoms with van der Waals surface area (Å²) >= 11 is 0. The Hall–Kier alpha value is -3.98. The molecule has 1 aliphatic heterocycles. The van der Waals surface area contributed by atoms with E-state index in [1.54, 1.807) is 28.6 Å². The van der Waals surface area contributed by atoms with Crippen LogP contribution in [-0.4, -0.2) is 56.3 Å². The smallest absolute Gasteiger partial charge is 0.262 e. The molecule has 0 aromatic heterocycles. The summed E-state index contributed by atoms with van der Waals surface area (Å²) in [4.78, 5) is 15.1. The first-order chi connectivity index (χ1) is 21.2. The van der Waals surface area contributed by atoms with E-state index in [0.29, 0.717) is 37.6 Å². The van der Waals surface area contributed by atoms with Crippen molar-refractivity contribution in [1.82, 2.24) is 9.21 Å². The van der Waals surface area contributed by atoms with E-state index >= 15 is 0 Å². The zero-order valence-electron chi connectivity index (χ0n) is 25.6. The van der Waals surface area contributed by atoms with Crippen LogP contribution in [0.3, 0.4) is 0 Å². The molecule has 5 rings (SSSR count). The molecule has 1 heterocycles. The largest absolute Gasteiger partial charge is 0.484 e. The van der Waals surface area contributed by atoms with Crippen LogP contribution in [0.25, 0.3) is 0 Å². The van der Waals surface area contributed by atoms with Crippen molar-refractivity contribution < 1.29 is 17.9 Å². The zero-order chi connectivity index (χ0) is 31.2. The predicted molar refractivity (Wildman–Crippen MR) is 175 cm³/mol. The summed E-state index contributed by atoms with van der Waals surface area (Å²) < 4.78 is 34.2. The summed E-state index contributed by atoms with van der Waals surface area (Å²) in [5, 5.41) is 2.79. The Morgan fingerprint density at radius 1 is 0.795 bits per heavy atom. The fourth-order valence-electron chi connectivity index (χ4n) is 5.50. The zero-order valence-corrected chi connectivity index (χ0v) is 26.5. The molecule has 44 heavy (non-hydrogen) atoms. The molecular weight excluding hydrogens is 570 g/mol. The van der Waals surface area contributed by atoms with Gasteiger partial charge < -0.3 is 10.1 Å². The number of anilines is 1. The predicted octanol–water partition coefficient (Wildman–Crippen LogP) is 6.49. The van der Waals surface area contributed by atoms with Gasteiger partial charge in [-0.2, -0.15) is 4.31 Å². The first-order valence-electron chi connectivity index (χ1n) is 15.1. The third kappa shape index (κ3) is 7.38. The fourth-order valence-corrected chi connectivity index (χ4v) is 6.92. The van der Waals surface area contributed by atoms with Crippen LogP contribution in [0.15, 0.2) is 114 Å². The lowest BCUT2D eigenvalue weighted by molar-refractivity contribution is -0.118. The number of rotatable bonds is 11. The maximum absolute atomic E-state index is 13.5. The van der Waals surface area contributed by atoms with Gasteiger partial charge in [-0.15, -0.1) is 0 Å². The highest BCUT2D eigenvalue weighted by molar-refractivity contribution is 7.89. The second-order valence-electron chi connectivity index (χ2n) is 11.8. The number of piperazine rings is 1. The van der Waals surface area contributed by atoms with E-state index < -0.39 is 10.0 Å². The van der Waals surface area contributed by atoms with Crippen molar-refractivity contribution in [3.8, 4) is 5.75 Å². The first-order valence-corrected chi connectivity index (χ1v) is 16.6. The molecule has 230 valence electrons. The summed E-state index contributed by atoms with van der Waals surface area (Å²) in [6, 6.07) is 34.9. The summed E-state index contributed by atoms with van der Waals surface area (Å²) in [5.41, 5.74) is 4.18. The third-order valence-electron chi connectivity index (χ3n) is 8.53. The molecule has 0 atom stereocenters. The number of hydrogen-bond acceptors (Lipinski definition) is 5.